The third kappa shape index (κ3) is 3.76. The maximum absolute atomic E-state index is 5.42. The van der Waals surface area contributed by atoms with Gasteiger partial charge in [-0.05, 0) is 43.8 Å². The van der Waals surface area contributed by atoms with Gasteiger partial charge in [0.15, 0.2) is 5.82 Å². The summed E-state index contributed by atoms with van der Waals surface area (Å²) in [4.78, 5) is 15.7. The predicted octanol–water partition coefficient (Wildman–Crippen LogP) is 4.17. The molecule has 138 valence electrons. The van der Waals surface area contributed by atoms with Crippen LogP contribution in [0.5, 0.6) is 0 Å². The van der Waals surface area contributed by atoms with Crippen LogP contribution in [0.25, 0.3) is 20.9 Å². The summed E-state index contributed by atoms with van der Waals surface area (Å²) in [5.41, 5.74) is 1.29. The third-order valence-corrected chi connectivity index (χ3v) is 6.78. The summed E-state index contributed by atoms with van der Waals surface area (Å²) in [5, 5.41) is 6.84. The number of ether oxygens (including phenoxy) is 1. The molecule has 0 amide bonds. The van der Waals surface area contributed by atoms with Crippen LogP contribution in [0.1, 0.15) is 16.9 Å². The molecule has 3 aromatic rings. The standard InChI is InChI=1S/C19H24N4OS2/c1-13-14(2)26-19-16(13)18(21-17(22-19)15-5-3-12-25-15)20-6-4-7-23-8-10-24-11-9-23/h3,5,12H,4,6-11H2,1-2H3,(H,20,21,22). The minimum absolute atomic E-state index is 0.824. The van der Waals surface area contributed by atoms with Crippen LogP contribution in [0.2, 0.25) is 0 Å². The quantitative estimate of drug-likeness (QED) is 0.642. The number of aryl methyl sites for hydroxylation is 2. The van der Waals surface area contributed by atoms with Gasteiger partial charge < -0.3 is 10.1 Å². The first-order chi connectivity index (χ1) is 12.7. The fourth-order valence-electron chi connectivity index (χ4n) is 3.23. The van der Waals surface area contributed by atoms with Gasteiger partial charge in [0.25, 0.3) is 0 Å². The average molecular weight is 389 g/mol. The van der Waals surface area contributed by atoms with E-state index in [1.165, 1.54) is 15.8 Å². The summed E-state index contributed by atoms with van der Waals surface area (Å²) in [6, 6.07) is 4.13. The Balaban J connectivity index is 1.52. The van der Waals surface area contributed by atoms with E-state index in [-0.39, 0.29) is 0 Å². The van der Waals surface area contributed by atoms with Crippen LogP contribution in [0.4, 0.5) is 5.82 Å². The van der Waals surface area contributed by atoms with Gasteiger partial charge in [0.2, 0.25) is 0 Å². The van der Waals surface area contributed by atoms with Crippen LogP contribution >= 0.6 is 22.7 Å². The highest BCUT2D eigenvalue weighted by Gasteiger charge is 2.16. The fourth-order valence-corrected chi connectivity index (χ4v) is 4.91. The first-order valence-corrected chi connectivity index (χ1v) is 10.8. The van der Waals surface area contributed by atoms with E-state index in [4.69, 9.17) is 14.7 Å². The second-order valence-corrected chi connectivity index (χ2v) is 8.72. The van der Waals surface area contributed by atoms with Crippen LogP contribution in [-0.2, 0) is 4.74 Å². The molecule has 0 bridgehead atoms. The van der Waals surface area contributed by atoms with E-state index in [1.54, 1.807) is 22.7 Å². The van der Waals surface area contributed by atoms with Gasteiger partial charge in [0.05, 0.1) is 23.5 Å². The molecule has 5 nitrogen and oxygen atoms in total. The molecule has 0 radical (unpaired) electrons. The Kier molecular flexibility index (Phi) is 5.49. The van der Waals surface area contributed by atoms with Gasteiger partial charge in [-0.15, -0.1) is 22.7 Å². The van der Waals surface area contributed by atoms with Gasteiger partial charge in [-0.3, -0.25) is 4.90 Å². The number of hydrogen-bond donors (Lipinski definition) is 1. The molecule has 0 aliphatic carbocycles. The lowest BCUT2D eigenvalue weighted by molar-refractivity contribution is 0.0378. The maximum Gasteiger partial charge on any atom is 0.173 e. The molecule has 1 fully saturated rings. The topological polar surface area (TPSA) is 50.3 Å². The monoisotopic (exact) mass is 388 g/mol. The second kappa shape index (κ2) is 8.00. The normalized spacial score (nSPS) is 15.6. The van der Waals surface area contributed by atoms with Crippen molar-refractivity contribution in [2.45, 2.75) is 20.3 Å². The SMILES string of the molecule is Cc1sc2nc(-c3cccs3)nc(NCCCN3CCOCC3)c2c1C. The van der Waals surface area contributed by atoms with E-state index in [0.717, 1.165) is 67.2 Å². The maximum atomic E-state index is 5.42. The molecule has 1 aliphatic rings. The zero-order valence-electron chi connectivity index (χ0n) is 15.2. The highest BCUT2D eigenvalue weighted by molar-refractivity contribution is 7.19. The lowest BCUT2D eigenvalue weighted by Gasteiger charge is -2.26. The van der Waals surface area contributed by atoms with Gasteiger partial charge in [-0.2, -0.15) is 0 Å². The minimum atomic E-state index is 0.824. The summed E-state index contributed by atoms with van der Waals surface area (Å²) >= 11 is 3.44. The summed E-state index contributed by atoms with van der Waals surface area (Å²) in [6.45, 7) is 10.2. The predicted molar refractivity (Wildman–Crippen MR) is 111 cm³/mol. The van der Waals surface area contributed by atoms with E-state index >= 15 is 0 Å². The van der Waals surface area contributed by atoms with E-state index in [1.807, 2.05) is 6.07 Å². The Labute approximate surface area is 162 Å². The van der Waals surface area contributed by atoms with Crippen molar-refractivity contribution < 1.29 is 4.74 Å². The number of morpholine rings is 1. The van der Waals surface area contributed by atoms with Gasteiger partial charge in [-0.1, -0.05) is 6.07 Å². The molecule has 4 rings (SSSR count). The van der Waals surface area contributed by atoms with Gasteiger partial charge >= 0.3 is 0 Å². The Bertz CT molecular complexity index is 869. The van der Waals surface area contributed by atoms with Gasteiger partial charge in [0, 0.05) is 24.5 Å². The van der Waals surface area contributed by atoms with Crippen molar-refractivity contribution in [3.63, 3.8) is 0 Å². The Morgan fingerprint density at radius 3 is 2.85 bits per heavy atom. The number of aromatic nitrogens is 2. The van der Waals surface area contributed by atoms with Gasteiger partial charge in [0.1, 0.15) is 10.6 Å². The molecular weight excluding hydrogens is 364 g/mol. The molecule has 0 atom stereocenters. The van der Waals surface area contributed by atoms with Crippen molar-refractivity contribution >= 4 is 38.7 Å². The average Bonchev–Trinajstić information content (AvgIpc) is 3.28. The molecule has 0 aromatic carbocycles. The van der Waals surface area contributed by atoms with Crippen LogP contribution in [0, 0.1) is 13.8 Å². The molecule has 4 heterocycles. The number of rotatable bonds is 6. The number of fused-ring (bicyclic) bond motifs is 1. The molecule has 1 saturated heterocycles. The zero-order valence-corrected chi connectivity index (χ0v) is 16.9. The Hall–Kier alpha value is -1.54. The molecule has 7 heteroatoms. The van der Waals surface area contributed by atoms with E-state index < -0.39 is 0 Å². The summed E-state index contributed by atoms with van der Waals surface area (Å²) < 4.78 is 5.42. The fraction of sp³-hybridized carbons (Fsp3) is 0.474. The molecule has 1 N–H and O–H groups in total. The lowest BCUT2D eigenvalue weighted by atomic mass is 10.2. The first-order valence-electron chi connectivity index (χ1n) is 9.08. The molecule has 3 aromatic heterocycles. The van der Waals surface area contributed by atoms with E-state index in [0.29, 0.717) is 0 Å². The third-order valence-electron chi connectivity index (χ3n) is 4.82. The molecule has 1 aliphatic heterocycles. The smallest absolute Gasteiger partial charge is 0.173 e. The van der Waals surface area contributed by atoms with Crippen molar-refractivity contribution in [2.24, 2.45) is 0 Å². The zero-order chi connectivity index (χ0) is 17.9. The van der Waals surface area contributed by atoms with Gasteiger partial charge in [-0.25, -0.2) is 9.97 Å². The van der Waals surface area contributed by atoms with Crippen molar-refractivity contribution in [3.05, 3.63) is 28.0 Å². The number of nitrogens with one attached hydrogen (secondary N) is 1. The van der Waals surface area contributed by atoms with Crippen molar-refractivity contribution in [2.75, 3.05) is 44.7 Å². The summed E-state index contributed by atoms with van der Waals surface area (Å²) in [6.07, 6.45) is 1.10. The highest BCUT2D eigenvalue weighted by atomic mass is 32.1. The van der Waals surface area contributed by atoms with Crippen LogP contribution in [0.3, 0.4) is 0 Å². The number of nitrogens with zero attached hydrogens (tertiary/aromatic N) is 3. The summed E-state index contributed by atoms with van der Waals surface area (Å²) in [7, 11) is 0. The van der Waals surface area contributed by atoms with Crippen molar-refractivity contribution in [1.82, 2.24) is 14.9 Å². The van der Waals surface area contributed by atoms with Crippen LogP contribution in [-0.4, -0.2) is 54.3 Å². The van der Waals surface area contributed by atoms with E-state index in [9.17, 15) is 0 Å². The molecule has 0 spiro atoms. The van der Waals surface area contributed by atoms with Crippen molar-refractivity contribution in [1.29, 1.82) is 0 Å². The Morgan fingerprint density at radius 1 is 1.23 bits per heavy atom. The number of anilines is 1. The molecule has 0 unspecified atom stereocenters. The molecule has 0 saturated carbocycles. The van der Waals surface area contributed by atoms with Crippen molar-refractivity contribution in [3.8, 4) is 10.7 Å². The van der Waals surface area contributed by atoms with Crippen LogP contribution < -0.4 is 5.32 Å². The first kappa shape index (κ1) is 17.9. The van der Waals surface area contributed by atoms with Crippen LogP contribution in [0.15, 0.2) is 17.5 Å². The largest absolute Gasteiger partial charge is 0.379 e. The number of hydrogen-bond acceptors (Lipinski definition) is 7. The highest BCUT2D eigenvalue weighted by Crippen LogP contribution is 2.35. The van der Waals surface area contributed by atoms with E-state index in [2.05, 4.69) is 35.5 Å². The Morgan fingerprint density at radius 2 is 2.08 bits per heavy atom. The molecule has 26 heavy (non-hydrogen) atoms. The molecular formula is C19H24N4OS2. The summed E-state index contributed by atoms with van der Waals surface area (Å²) in [5.74, 6) is 1.80. The lowest BCUT2D eigenvalue weighted by Crippen LogP contribution is -2.37. The minimum Gasteiger partial charge on any atom is -0.379 e. The number of thiophene rings is 2. The second-order valence-electron chi connectivity index (χ2n) is 6.57.